The number of ether oxygens (including phenoxy) is 1. The second kappa shape index (κ2) is 5.82. The van der Waals surface area contributed by atoms with Gasteiger partial charge in [0.15, 0.2) is 0 Å². The number of para-hydroxylation sites is 1. The van der Waals surface area contributed by atoms with Crippen LogP contribution in [-0.4, -0.2) is 7.05 Å². The van der Waals surface area contributed by atoms with Gasteiger partial charge in [-0.25, -0.2) is 8.78 Å². The van der Waals surface area contributed by atoms with E-state index in [4.69, 9.17) is 4.74 Å². The molecule has 0 aliphatic carbocycles. The summed E-state index contributed by atoms with van der Waals surface area (Å²) < 4.78 is 31.2. The molecule has 0 radical (unpaired) electrons. The molecule has 0 bridgehead atoms. The number of nitrogens with one attached hydrogen (secondary N) is 1. The van der Waals surface area contributed by atoms with Crippen LogP contribution in [0.1, 0.15) is 41.7 Å². The topological polar surface area (TPSA) is 21.3 Å². The highest BCUT2D eigenvalue weighted by molar-refractivity contribution is 5.39. The smallest absolute Gasteiger partial charge is 0.263 e. The Bertz CT molecular complexity index is 612. The molecule has 0 saturated carbocycles. The van der Waals surface area contributed by atoms with Crippen LogP contribution in [0.2, 0.25) is 0 Å². The van der Waals surface area contributed by atoms with E-state index in [2.05, 4.69) is 5.32 Å². The Kier molecular flexibility index (Phi) is 3.88. The van der Waals surface area contributed by atoms with E-state index in [-0.39, 0.29) is 17.7 Å². The van der Waals surface area contributed by atoms with Crippen molar-refractivity contribution in [2.75, 3.05) is 7.05 Å². The van der Waals surface area contributed by atoms with Gasteiger partial charge in [0, 0.05) is 23.6 Å². The monoisotopic (exact) mass is 289 g/mol. The highest BCUT2D eigenvalue weighted by atomic mass is 19.3. The van der Waals surface area contributed by atoms with Gasteiger partial charge in [-0.3, -0.25) is 0 Å². The van der Waals surface area contributed by atoms with Crippen molar-refractivity contribution in [3.63, 3.8) is 0 Å². The van der Waals surface area contributed by atoms with Crippen LogP contribution in [0.25, 0.3) is 0 Å². The zero-order valence-corrected chi connectivity index (χ0v) is 11.7. The van der Waals surface area contributed by atoms with Crippen LogP contribution in [0.3, 0.4) is 0 Å². The number of rotatable bonds is 3. The van der Waals surface area contributed by atoms with E-state index in [0.717, 1.165) is 23.3 Å². The maximum Gasteiger partial charge on any atom is 0.263 e. The Morgan fingerprint density at radius 1 is 1.10 bits per heavy atom. The second-order valence-electron chi connectivity index (χ2n) is 5.19. The molecule has 0 amide bonds. The zero-order valence-electron chi connectivity index (χ0n) is 11.7. The first-order valence-corrected chi connectivity index (χ1v) is 7.00. The Hall–Kier alpha value is -1.94. The standard InChI is InChI=1S/C17H17F2NO/c1-20-14-10-16(21-15-5-3-2-4-13(14)15)11-6-8-12(9-7-11)17(18)19/h2-9,14,16-17,20H,10H2,1H3. The Labute approximate surface area is 122 Å². The van der Waals surface area contributed by atoms with Crippen molar-refractivity contribution < 1.29 is 13.5 Å². The van der Waals surface area contributed by atoms with Gasteiger partial charge in [-0.15, -0.1) is 0 Å². The molecule has 4 heteroatoms. The molecular weight excluding hydrogens is 272 g/mol. The SMILES string of the molecule is CNC1CC(c2ccc(C(F)F)cc2)Oc2ccccc21. The lowest BCUT2D eigenvalue weighted by atomic mass is 9.93. The summed E-state index contributed by atoms with van der Waals surface area (Å²) in [6.07, 6.45) is -1.78. The van der Waals surface area contributed by atoms with Crippen molar-refractivity contribution >= 4 is 0 Å². The van der Waals surface area contributed by atoms with E-state index in [1.807, 2.05) is 31.3 Å². The van der Waals surface area contributed by atoms with E-state index >= 15 is 0 Å². The zero-order chi connectivity index (χ0) is 14.8. The molecule has 2 nitrogen and oxygen atoms in total. The summed E-state index contributed by atoms with van der Waals surface area (Å²) in [5, 5.41) is 3.29. The van der Waals surface area contributed by atoms with E-state index in [1.54, 1.807) is 12.1 Å². The van der Waals surface area contributed by atoms with Crippen molar-refractivity contribution in [3.05, 3.63) is 65.2 Å². The number of benzene rings is 2. The van der Waals surface area contributed by atoms with Gasteiger partial charge in [-0.1, -0.05) is 42.5 Å². The van der Waals surface area contributed by atoms with Crippen LogP contribution >= 0.6 is 0 Å². The van der Waals surface area contributed by atoms with Gasteiger partial charge in [-0.2, -0.15) is 0 Å². The molecule has 0 saturated heterocycles. The number of hydrogen-bond donors (Lipinski definition) is 1. The number of fused-ring (bicyclic) bond motifs is 1. The maximum absolute atomic E-state index is 12.6. The first kappa shape index (κ1) is 14.0. The minimum Gasteiger partial charge on any atom is -0.485 e. The first-order valence-electron chi connectivity index (χ1n) is 7.00. The lowest BCUT2D eigenvalue weighted by molar-refractivity contribution is 0.148. The Morgan fingerprint density at radius 3 is 2.48 bits per heavy atom. The Balaban J connectivity index is 1.87. The maximum atomic E-state index is 12.6. The lowest BCUT2D eigenvalue weighted by Gasteiger charge is -2.32. The fraction of sp³-hybridized carbons (Fsp3) is 0.294. The third-order valence-electron chi connectivity index (χ3n) is 3.92. The third-order valence-corrected chi connectivity index (χ3v) is 3.92. The molecular formula is C17H17F2NO. The fourth-order valence-electron chi connectivity index (χ4n) is 2.75. The molecule has 2 atom stereocenters. The summed E-state index contributed by atoms with van der Waals surface area (Å²) in [6.45, 7) is 0. The molecule has 0 fully saturated rings. The van der Waals surface area contributed by atoms with Crippen LogP contribution in [-0.2, 0) is 0 Å². The average molecular weight is 289 g/mol. The van der Waals surface area contributed by atoms with E-state index < -0.39 is 6.43 Å². The average Bonchev–Trinajstić information content (AvgIpc) is 2.53. The molecule has 2 aromatic carbocycles. The van der Waals surface area contributed by atoms with E-state index in [1.165, 1.54) is 12.1 Å². The van der Waals surface area contributed by atoms with Gasteiger partial charge in [0.2, 0.25) is 0 Å². The second-order valence-corrected chi connectivity index (χ2v) is 5.19. The van der Waals surface area contributed by atoms with Crippen molar-refractivity contribution in [3.8, 4) is 5.75 Å². The van der Waals surface area contributed by atoms with Gasteiger partial charge in [0.25, 0.3) is 6.43 Å². The Morgan fingerprint density at radius 2 is 1.81 bits per heavy atom. The molecule has 1 heterocycles. The molecule has 2 aromatic rings. The summed E-state index contributed by atoms with van der Waals surface area (Å²) in [5.41, 5.74) is 2.11. The van der Waals surface area contributed by atoms with E-state index in [9.17, 15) is 8.78 Å². The molecule has 0 spiro atoms. The van der Waals surface area contributed by atoms with Gasteiger partial charge in [-0.05, 0) is 18.7 Å². The summed E-state index contributed by atoms with van der Waals surface area (Å²) in [4.78, 5) is 0. The quantitative estimate of drug-likeness (QED) is 0.903. The van der Waals surface area contributed by atoms with Crippen LogP contribution in [0.15, 0.2) is 48.5 Å². The first-order chi connectivity index (χ1) is 10.2. The lowest BCUT2D eigenvalue weighted by Crippen LogP contribution is -2.26. The minimum absolute atomic E-state index is 0.0418. The van der Waals surface area contributed by atoms with Crippen molar-refractivity contribution in [1.29, 1.82) is 0 Å². The normalized spacial score (nSPS) is 21.0. The molecule has 1 aliphatic rings. The fourth-order valence-corrected chi connectivity index (χ4v) is 2.75. The summed E-state index contributed by atoms with van der Waals surface area (Å²) in [7, 11) is 1.92. The summed E-state index contributed by atoms with van der Waals surface area (Å²) >= 11 is 0. The highest BCUT2D eigenvalue weighted by Gasteiger charge is 2.28. The number of hydrogen-bond acceptors (Lipinski definition) is 2. The van der Waals surface area contributed by atoms with Gasteiger partial charge in [0.1, 0.15) is 11.9 Å². The molecule has 21 heavy (non-hydrogen) atoms. The van der Waals surface area contributed by atoms with Crippen LogP contribution < -0.4 is 10.1 Å². The molecule has 3 rings (SSSR count). The van der Waals surface area contributed by atoms with Crippen LogP contribution in [0, 0.1) is 0 Å². The number of alkyl halides is 2. The summed E-state index contributed by atoms with van der Waals surface area (Å²) in [5.74, 6) is 0.853. The molecule has 1 aliphatic heterocycles. The minimum atomic E-state index is -2.43. The van der Waals surface area contributed by atoms with Crippen LogP contribution in [0.5, 0.6) is 5.75 Å². The van der Waals surface area contributed by atoms with Crippen molar-refractivity contribution in [2.24, 2.45) is 0 Å². The van der Waals surface area contributed by atoms with Gasteiger partial charge >= 0.3 is 0 Å². The predicted octanol–water partition coefficient (Wildman–Crippen LogP) is 4.41. The van der Waals surface area contributed by atoms with Crippen molar-refractivity contribution in [2.45, 2.75) is 25.0 Å². The third kappa shape index (κ3) is 2.76. The highest BCUT2D eigenvalue weighted by Crippen LogP contribution is 2.40. The number of halogens is 2. The molecule has 110 valence electrons. The predicted molar refractivity (Wildman–Crippen MR) is 77.6 cm³/mol. The molecule has 0 aromatic heterocycles. The molecule has 1 N–H and O–H groups in total. The van der Waals surface area contributed by atoms with Crippen LogP contribution in [0.4, 0.5) is 8.78 Å². The largest absolute Gasteiger partial charge is 0.485 e. The van der Waals surface area contributed by atoms with Crippen molar-refractivity contribution in [1.82, 2.24) is 5.32 Å². The van der Waals surface area contributed by atoms with Gasteiger partial charge < -0.3 is 10.1 Å². The molecule has 2 unspecified atom stereocenters. The van der Waals surface area contributed by atoms with E-state index in [0.29, 0.717) is 0 Å². The van der Waals surface area contributed by atoms with Gasteiger partial charge in [0.05, 0.1) is 0 Å². The summed E-state index contributed by atoms with van der Waals surface area (Å²) in [6, 6.07) is 14.5.